The highest BCUT2D eigenvalue weighted by Gasteiger charge is 2.79. The first-order valence-corrected chi connectivity index (χ1v) is 13.9. The fourth-order valence-electron chi connectivity index (χ4n) is 8.87. The molecule has 4 bridgehead atoms. The Bertz CT molecular complexity index is 1470. The number of amides is 1. The minimum absolute atomic E-state index is 0.0144. The summed E-state index contributed by atoms with van der Waals surface area (Å²) in [5.41, 5.74) is -0.401. The molecule has 5 atom stereocenters. The third kappa shape index (κ3) is 2.80. The van der Waals surface area contributed by atoms with Gasteiger partial charge in [-0.25, -0.2) is 0 Å². The molecule has 1 aromatic heterocycles. The number of rotatable bonds is 5. The summed E-state index contributed by atoms with van der Waals surface area (Å²) < 4.78 is 6.56. The number of nitrogens with zero attached hydrogens (tertiary/aromatic N) is 3. The van der Waals surface area contributed by atoms with E-state index in [1.807, 2.05) is 12.1 Å². The Morgan fingerprint density at radius 1 is 1.13 bits per heavy atom. The number of carbonyl (C=O) groups is 1. The van der Waals surface area contributed by atoms with Crippen LogP contribution in [0.5, 0.6) is 17.2 Å². The molecule has 0 radical (unpaired) electrons. The van der Waals surface area contributed by atoms with Crippen LogP contribution in [-0.4, -0.2) is 84.6 Å². The van der Waals surface area contributed by atoms with Gasteiger partial charge in [-0.2, -0.15) is 0 Å². The molecule has 1 saturated heterocycles. The third-order valence-electron chi connectivity index (χ3n) is 10.8. The molecule has 7 aliphatic rings. The number of aliphatic hydroxyl groups is 2. The van der Waals surface area contributed by atoms with Crippen molar-refractivity contribution >= 4 is 5.91 Å². The Labute approximate surface area is 226 Å². The lowest BCUT2D eigenvalue weighted by atomic mass is 9.38. The van der Waals surface area contributed by atoms with E-state index in [2.05, 4.69) is 9.88 Å². The SMILES string of the molecule is CN(Cc1ncccc1O)C(=O)C1=C[C@@]23CC[C@]1(O)[C@@H]1Oc4c(O)ccc5c4[C@@]12CCN(CC1(O)CC1)[C@@H]3C5. The molecule has 1 aromatic carbocycles. The zero-order chi connectivity index (χ0) is 26.9. The maximum atomic E-state index is 14.1. The fraction of sp³-hybridized carbons (Fsp3) is 0.533. The molecular weight excluding hydrogens is 498 g/mol. The smallest absolute Gasteiger partial charge is 0.252 e. The summed E-state index contributed by atoms with van der Waals surface area (Å²) in [6.45, 7) is 1.45. The summed E-state index contributed by atoms with van der Waals surface area (Å²) >= 11 is 0. The monoisotopic (exact) mass is 531 g/mol. The highest BCUT2D eigenvalue weighted by atomic mass is 16.5. The number of pyridine rings is 1. The number of carbonyl (C=O) groups excluding carboxylic acids is 1. The van der Waals surface area contributed by atoms with E-state index in [0.29, 0.717) is 42.8 Å². The van der Waals surface area contributed by atoms with Gasteiger partial charge >= 0.3 is 0 Å². The molecular formula is C30H33N3O6. The second-order valence-corrected chi connectivity index (χ2v) is 12.7. The van der Waals surface area contributed by atoms with E-state index in [1.54, 1.807) is 25.4 Å². The quantitative estimate of drug-likeness (QED) is 0.460. The maximum Gasteiger partial charge on any atom is 0.252 e. The molecule has 9 heteroatoms. The van der Waals surface area contributed by atoms with E-state index in [9.17, 15) is 25.2 Å². The number of hydrogen-bond acceptors (Lipinski definition) is 8. The number of aromatic hydroxyl groups is 2. The lowest BCUT2D eigenvalue weighted by Gasteiger charge is -2.70. The molecule has 39 heavy (non-hydrogen) atoms. The van der Waals surface area contributed by atoms with Crippen LogP contribution in [0.15, 0.2) is 42.1 Å². The lowest BCUT2D eigenvalue weighted by molar-refractivity contribution is -0.190. The molecule has 3 heterocycles. The molecule has 1 amide bonds. The predicted octanol–water partition coefficient (Wildman–Crippen LogP) is 1.76. The Hall–Kier alpha value is -3.14. The van der Waals surface area contributed by atoms with Crippen molar-refractivity contribution in [2.45, 2.75) is 73.8 Å². The van der Waals surface area contributed by atoms with Gasteiger partial charge in [0.05, 0.1) is 17.6 Å². The predicted molar refractivity (Wildman–Crippen MR) is 139 cm³/mol. The van der Waals surface area contributed by atoms with E-state index in [1.165, 1.54) is 11.0 Å². The van der Waals surface area contributed by atoms with Crippen molar-refractivity contribution in [3.05, 3.63) is 58.9 Å². The normalized spacial score (nSPS) is 36.1. The van der Waals surface area contributed by atoms with Crippen LogP contribution in [0.3, 0.4) is 0 Å². The Morgan fingerprint density at radius 3 is 2.72 bits per heavy atom. The van der Waals surface area contributed by atoms with E-state index in [4.69, 9.17) is 4.74 Å². The van der Waals surface area contributed by atoms with Crippen molar-refractivity contribution < 1.29 is 30.0 Å². The fourth-order valence-corrected chi connectivity index (χ4v) is 8.87. The number of hydrogen-bond donors (Lipinski definition) is 4. The molecule has 4 N–H and O–H groups in total. The van der Waals surface area contributed by atoms with Crippen molar-refractivity contribution in [3.8, 4) is 17.2 Å². The highest BCUT2D eigenvalue weighted by Crippen LogP contribution is 2.74. The van der Waals surface area contributed by atoms with Crippen molar-refractivity contribution in [2.24, 2.45) is 5.41 Å². The number of benzene rings is 1. The van der Waals surface area contributed by atoms with Crippen LogP contribution in [0.2, 0.25) is 0 Å². The average molecular weight is 532 g/mol. The zero-order valence-electron chi connectivity index (χ0n) is 21.9. The summed E-state index contributed by atoms with van der Waals surface area (Å²) in [6.07, 6.45) is 7.04. The van der Waals surface area contributed by atoms with Crippen LogP contribution in [0.1, 0.15) is 48.9 Å². The third-order valence-corrected chi connectivity index (χ3v) is 10.8. The Morgan fingerprint density at radius 2 is 1.95 bits per heavy atom. The molecule has 9 rings (SSSR count). The van der Waals surface area contributed by atoms with Crippen LogP contribution in [0.25, 0.3) is 0 Å². The summed E-state index contributed by atoms with van der Waals surface area (Å²) in [6, 6.07) is 6.86. The minimum Gasteiger partial charge on any atom is -0.506 e. The van der Waals surface area contributed by atoms with Crippen LogP contribution in [0.4, 0.5) is 0 Å². The number of β-amino-alcohol motifs (C(OH)–C–C–N with tert-alkyl or cyclic N) is 1. The number of likely N-dealkylation sites (N-methyl/N-ethyl adjacent to an activating group) is 1. The van der Waals surface area contributed by atoms with Gasteiger partial charge in [0.15, 0.2) is 11.5 Å². The number of piperidine rings is 1. The van der Waals surface area contributed by atoms with Gasteiger partial charge in [-0.3, -0.25) is 14.7 Å². The van der Waals surface area contributed by atoms with Crippen molar-refractivity contribution in [3.63, 3.8) is 0 Å². The molecule has 2 spiro atoms. The lowest BCUT2D eigenvalue weighted by Crippen LogP contribution is -2.78. The van der Waals surface area contributed by atoms with Gasteiger partial charge in [0, 0.05) is 42.4 Å². The number of aromatic nitrogens is 1. The molecule has 5 aliphatic carbocycles. The summed E-state index contributed by atoms with van der Waals surface area (Å²) in [7, 11) is 1.65. The Balaban J connectivity index is 1.27. The number of likely N-dealkylation sites (tertiary alicyclic amines) is 1. The van der Waals surface area contributed by atoms with Gasteiger partial charge in [-0.15, -0.1) is 0 Å². The second kappa shape index (κ2) is 7.33. The van der Waals surface area contributed by atoms with Crippen LogP contribution in [0, 0.1) is 5.41 Å². The molecule has 0 unspecified atom stereocenters. The van der Waals surface area contributed by atoms with Crippen molar-refractivity contribution in [1.82, 2.24) is 14.8 Å². The molecule has 3 fully saturated rings. The van der Waals surface area contributed by atoms with E-state index in [-0.39, 0.29) is 30.0 Å². The first-order valence-electron chi connectivity index (χ1n) is 13.9. The van der Waals surface area contributed by atoms with Crippen molar-refractivity contribution in [2.75, 3.05) is 20.1 Å². The van der Waals surface area contributed by atoms with Gasteiger partial charge in [-0.1, -0.05) is 12.1 Å². The molecule has 204 valence electrons. The first kappa shape index (κ1) is 23.7. The van der Waals surface area contributed by atoms with E-state index < -0.39 is 28.1 Å². The van der Waals surface area contributed by atoms with Gasteiger partial charge in [0.2, 0.25) is 0 Å². The highest BCUT2D eigenvalue weighted by molar-refractivity contribution is 5.97. The van der Waals surface area contributed by atoms with Gasteiger partial charge in [-0.05, 0) is 68.8 Å². The number of fused-ring (bicyclic) bond motifs is 1. The van der Waals surface area contributed by atoms with Gasteiger partial charge in [0.25, 0.3) is 5.91 Å². The molecule has 2 aromatic rings. The summed E-state index contributed by atoms with van der Waals surface area (Å²) in [4.78, 5) is 22.2. The van der Waals surface area contributed by atoms with Gasteiger partial charge < -0.3 is 30.1 Å². The number of phenols is 1. The summed E-state index contributed by atoms with van der Waals surface area (Å²) in [5.74, 6) is 0.209. The van der Waals surface area contributed by atoms with Crippen LogP contribution >= 0.6 is 0 Å². The number of ether oxygens (including phenoxy) is 1. The Kier molecular flexibility index (Phi) is 4.46. The molecule has 9 nitrogen and oxygen atoms in total. The minimum atomic E-state index is -1.53. The molecule has 2 saturated carbocycles. The number of phenolic OH excluding ortho intramolecular Hbond substituents is 1. The van der Waals surface area contributed by atoms with Crippen LogP contribution < -0.4 is 4.74 Å². The zero-order valence-corrected chi connectivity index (χ0v) is 21.9. The maximum absolute atomic E-state index is 14.1. The average Bonchev–Trinajstić information content (AvgIpc) is 3.52. The van der Waals surface area contributed by atoms with Gasteiger partial charge in [0.1, 0.15) is 23.1 Å². The largest absolute Gasteiger partial charge is 0.506 e. The first-order chi connectivity index (χ1) is 18.6. The van der Waals surface area contributed by atoms with Crippen LogP contribution in [-0.2, 0) is 23.2 Å². The van der Waals surface area contributed by atoms with E-state index in [0.717, 1.165) is 36.9 Å². The topological polar surface area (TPSA) is 127 Å². The van der Waals surface area contributed by atoms with E-state index >= 15 is 0 Å². The van der Waals surface area contributed by atoms with Crippen molar-refractivity contribution in [1.29, 1.82) is 0 Å². The standard InChI is InChI=1S/C30H33N3O6/c1-32(15-19-20(34)3-2-11-31-19)25(36)18-14-28-8-9-30(18,38)26-29(28)10-12-33(16-27(37)6-7-27)22(28)13-17-4-5-21(35)24(39-26)23(17)29/h2-5,11,14,22,26,34-35,37-38H,6-10,12-13,15-16H2,1H3/t22-,26-,28-,29+,30-/m1/s1. The summed E-state index contributed by atoms with van der Waals surface area (Å²) in [5, 5.41) is 44.4. The second-order valence-electron chi connectivity index (χ2n) is 12.7. The molecule has 2 aliphatic heterocycles.